The molecule has 1 aromatic carbocycles. The fourth-order valence-corrected chi connectivity index (χ4v) is 5.91. The van der Waals surface area contributed by atoms with Gasteiger partial charge in [-0.1, -0.05) is 6.07 Å². The van der Waals surface area contributed by atoms with Crippen LogP contribution in [0.5, 0.6) is 0 Å². The fourth-order valence-electron chi connectivity index (χ4n) is 4.46. The summed E-state index contributed by atoms with van der Waals surface area (Å²) in [7, 11) is -1.59. The van der Waals surface area contributed by atoms with Crippen LogP contribution in [0.25, 0.3) is 0 Å². The number of carbonyl (C=O) groups is 1. The van der Waals surface area contributed by atoms with E-state index in [2.05, 4.69) is 20.9 Å². The van der Waals surface area contributed by atoms with Crippen molar-refractivity contribution in [3.63, 3.8) is 0 Å². The van der Waals surface area contributed by atoms with Crippen LogP contribution in [0, 0.1) is 0 Å². The Kier molecular flexibility index (Phi) is 6.47. The lowest BCUT2D eigenvalue weighted by atomic mass is 10.1. The van der Waals surface area contributed by atoms with Crippen molar-refractivity contribution in [2.24, 2.45) is 7.05 Å². The third-order valence-corrected chi connectivity index (χ3v) is 8.10. The van der Waals surface area contributed by atoms with E-state index in [0.29, 0.717) is 32.0 Å². The van der Waals surface area contributed by atoms with Gasteiger partial charge in [0, 0.05) is 37.7 Å². The minimum atomic E-state index is -3.61. The molecule has 4 rings (SSSR count). The number of benzene rings is 1. The average Bonchev–Trinajstić information content (AvgIpc) is 3.42. The Morgan fingerprint density at radius 2 is 1.94 bits per heavy atom. The monoisotopic (exact) mass is 446 g/mol. The van der Waals surface area contributed by atoms with Crippen LogP contribution in [0.2, 0.25) is 0 Å². The lowest BCUT2D eigenvalue weighted by Crippen LogP contribution is -2.42. The van der Waals surface area contributed by atoms with Gasteiger partial charge in [0.25, 0.3) is 0 Å². The van der Waals surface area contributed by atoms with Gasteiger partial charge in [0.1, 0.15) is 0 Å². The second-order valence-electron chi connectivity index (χ2n) is 8.15. The molecule has 168 valence electrons. The number of ether oxygens (including phenoxy) is 1. The number of anilines is 1. The first-order valence-corrected chi connectivity index (χ1v) is 12.2. The number of rotatable bonds is 6. The summed E-state index contributed by atoms with van der Waals surface area (Å²) in [5, 5.41) is 2.92. The van der Waals surface area contributed by atoms with Crippen LogP contribution in [0.15, 0.2) is 47.5 Å². The number of nitrogens with one attached hydrogen (secondary N) is 1. The molecular weight excluding hydrogens is 416 g/mol. The van der Waals surface area contributed by atoms with E-state index < -0.39 is 10.0 Å². The van der Waals surface area contributed by atoms with Crippen molar-refractivity contribution in [2.75, 3.05) is 38.2 Å². The van der Waals surface area contributed by atoms with Crippen LogP contribution in [-0.2, 0) is 26.6 Å². The number of nitrogens with zero attached hydrogens (tertiary/aromatic N) is 3. The summed E-state index contributed by atoms with van der Waals surface area (Å²) in [5.41, 5.74) is 1.69. The van der Waals surface area contributed by atoms with Crippen molar-refractivity contribution < 1.29 is 17.9 Å². The van der Waals surface area contributed by atoms with E-state index in [0.717, 1.165) is 19.4 Å². The standard InChI is InChI=1S/C22H30N4O4S/c1-17(26-11-5-9-21(26)20-8-4-10-24(20)2)22(27)23-18-6-3-7-19(16-18)31(28,29)25-12-14-30-15-13-25/h3-4,6-8,10,16-17,21H,5,9,11-15H2,1-2H3,(H,23,27)/t17-,21+/m1/s1. The fraction of sp³-hybridized carbons (Fsp3) is 0.500. The summed E-state index contributed by atoms with van der Waals surface area (Å²) in [4.78, 5) is 15.4. The molecule has 0 unspecified atom stereocenters. The number of amides is 1. The maximum Gasteiger partial charge on any atom is 0.243 e. The third kappa shape index (κ3) is 4.55. The number of sulfonamides is 1. The van der Waals surface area contributed by atoms with Crippen molar-refractivity contribution in [1.82, 2.24) is 13.8 Å². The first-order chi connectivity index (χ1) is 14.9. The summed E-state index contributed by atoms with van der Waals surface area (Å²) in [6.07, 6.45) is 4.08. The molecule has 2 aliphatic heterocycles. The van der Waals surface area contributed by atoms with E-state index in [9.17, 15) is 13.2 Å². The second-order valence-corrected chi connectivity index (χ2v) is 10.1. The van der Waals surface area contributed by atoms with Crippen LogP contribution >= 0.6 is 0 Å². The maximum absolute atomic E-state index is 13.0. The highest BCUT2D eigenvalue weighted by Gasteiger charge is 2.34. The van der Waals surface area contributed by atoms with Crippen LogP contribution in [0.3, 0.4) is 0 Å². The maximum atomic E-state index is 13.0. The van der Waals surface area contributed by atoms with Crippen molar-refractivity contribution in [3.05, 3.63) is 48.3 Å². The van der Waals surface area contributed by atoms with Gasteiger partial charge in [-0.05, 0) is 56.6 Å². The average molecular weight is 447 g/mol. The predicted octanol–water partition coefficient (Wildman–Crippen LogP) is 2.21. The SMILES string of the molecule is C[C@H](C(=O)Nc1cccc(S(=O)(=O)N2CCOCC2)c1)N1CCC[C@H]1c1cccn1C. The van der Waals surface area contributed by atoms with E-state index in [-0.39, 0.29) is 22.9 Å². The van der Waals surface area contributed by atoms with Crippen molar-refractivity contribution >= 4 is 21.6 Å². The Morgan fingerprint density at radius 3 is 2.65 bits per heavy atom. The number of morpholine rings is 1. The molecule has 2 aromatic rings. The normalized spacial score (nSPS) is 21.8. The molecular formula is C22H30N4O4S. The third-order valence-electron chi connectivity index (χ3n) is 6.21. The zero-order chi connectivity index (χ0) is 22.0. The van der Waals surface area contributed by atoms with Gasteiger partial charge in [0.05, 0.1) is 30.2 Å². The number of aromatic nitrogens is 1. The number of hydrogen-bond acceptors (Lipinski definition) is 5. The number of hydrogen-bond donors (Lipinski definition) is 1. The van der Waals surface area contributed by atoms with Gasteiger partial charge in [-0.2, -0.15) is 4.31 Å². The molecule has 3 heterocycles. The minimum absolute atomic E-state index is 0.137. The van der Waals surface area contributed by atoms with Gasteiger partial charge in [0.15, 0.2) is 0 Å². The van der Waals surface area contributed by atoms with Crippen molar-refractivity contribution in [1.29, 1.82) is 0 Å². The van der Waals surface area contributed by atoms with Gasteiger partial charge in [-0.15, -0.1) is 0 Å². The quantitative estimate of drug-likeness (QED) is 0.736. The Hall–Kier alpha value is -2.20. The van der Waals surface area contributed by atoms with Gasteiger partial charge in [0.2, 0.25) is 15.9 Å². The zero-order valence-corrected chi connectivity index (χ0v) is 18.8. The van der Waals surface area contributed by atoms with E-state index in [1.807, 2.05) is 26.2 Å². The molecule has 9 heteroatoms. The highest BCUT2D eigenvalue weighted by atomic mass is 32.2. The van der Waals surface area contributed by atoms with Crippen LogP contribution in [0.4, 0.5) is 5.69 Å². The minimum Gasteiger partial charge on any atom is -0.379 e. The summed E-state index contributed by atoms with van der Waals surface area (Å²) in [5.74, 6) is -0.137. The molecule has 8 nitrogen and oxygen atoms in total. The first-order valence-electron chi connectivity index (χ1n) is 10.7. The lowest BCUT2D eigenvalue weighted by molar-refractivity contribution is -0.121. The summed E-state index contributed by atoms with van der Waals surface area (Å²) < 4.78 is 34.6. The Morgan fingerprint density at radius 1 is 1.16 bits per heavy atom. The van der Waals surface area contributed by atoms with Crippen LogP contribution < -0.4 is 5.32 Å². The molecule has 31 heavy (non-hydrogen) atoms. The van der Waals surface area contributed by atoms with Crippen molar-refractivity contribution in [2.45, 2.75) is 36.7 Å². The number of likely N-dealkylation sites (tertiary alicyclic amines) is 1. The molecule has 1 N–H and O–H groups in total. The largest absolute Gasteiger partial charge is 0.379 e. The number of aryl methyl sites for hydroxylation is 1. The van der Waals surface area contributed by atoms with E-state index in [1.165, 1.54) is 16.1 Å². The Labute approximate surface area is 183 Å². The first kappa shape index (κ1) is 22.0. The highest BCUT2D eigenvalue weighted by Crippen LogP contribution is 2.34. The molecule has 0 radical (unpaired) electrons. The number of carbonyl (C=O) groups excluding carboxylic acids is 1. The van der Waals surface area contributed by atoms with Gasteiger partial charge in [-0.25, -0.2) is 8.42 Å². The molecule has 2 saturated heterocycles. The van der Waals surface area contributed by atoms with Crippen LogP contribution in [0.1, 0.15) is 31.5 Å². The molecule has 2 atom stereocenters. The summed E-state index contributed by atoms with van der Waals surface area (Å²) in [6, 6.07) is 10.5. The highest BCUT2D eigenvalue weighted by molar-refractivity contribution is 7.89. The van der Waals surface area contributed by atoms with Gasteiger partial charge < -0.3 is 14.6 Å². The molecule has 0 bridgehead atoms. The smallest absolute Gasteiger partial charge is 0.243 e. The summed E-state index contributed by atoms with van der Waals surface area (Å²) in [6.45, 7) is 4.23. The van der Waals surface area contributed by atoms with Crippen LogP contribution in [-0.4, -0.2) is 67.0 Å². The Balaban J connectivity index is 1.47. The van der Waals surface area contributed by atoms with Gasteiger partial charge in [-0.3, -0.25) is 9.69 Å². The van der Waals surface area contributed by atoms with Gasteiger partial charge >= 0.3 is 0 Å². The van der Waals surface area contributed by atoms with E-state index >= 15 is 0 Å². The molecule has 0 saturated carbocycles. The lowest BCUT2D eigenvalue weighted by Gasteiger charge is -2.30. The molecule has 2 aliphatic rings. The topological polar surface area (TPSA) is 83.9 Å². The molecule has 0 spiro atoms. The van der Waals surface area contributed by atoms with E-state index in [4.69, 9.17) is 4.74 Å². The van der Waals surface area contributed by atoms with E-state index in [1.54, 1.807) is 18.2 Å². The molecule has 2 fully saturated rings. The predicted molar refractivity (Wildman–Crippen MR) is 118 cm³/mol. The molecule has 1 amide bonds. The Bertz CT molecular complexity index is 1030. The second kappa shape index (κ2) is 9.12. The molecule has 0 aliphatic carbocycles. The van der Waals surface area contributed by atoms with Crippen molar-refractivity contribution in [3.8, 4) is 0 Å². The zero-order valence-electron chi connectivity index (χ0n) is 18.0. The summed E-state index contributed by atoms with van der Waals surface area (Å²) >= 11 is 0. The molecule has 1 aromatic heterocycles.